The van der Waals surface area contributed by atoms with Crippen molar-refractivity contribution in [2.75, 3.05) is 37.6 Å². The van der Waals surface area contributed by atoms with Gasteiger partial charge in [-0.15, -0.1) is 0 Å². The second-order valence-corrected chi connectivity index (χ2v) is 8.46. The number of H-pyrrole nitrogens is 1. The number of hydrogen-bond donors (Lipinski definition) is 3. The van der Waals surface area contributed by atoms with Gasteiger partial charge in [0.05, 0.1) is 17.1 Å². The molecule has 0 saturated carbocycles. The number of fused-ring (bicyclic) bond motifs is 1. The highest BCUT2D eigenvalue weighted by Crippen LogP contribution is 2.17. The Kier molecular flexibility index (Phi) is 7.00. The van der Waals surface area contributed by atoms with E-state index in [1.165, 1.54) is 0 Å². The van der Waals surface area contributed by atoms with Crippen LogP contribution in [0.2, 0.25) is 0 Å². The maximum atomic E-state index is 12.2. The molecule has 1 unspecified atom stereocenters. The monoisotopic (exact) mass is 450 g/mol. The number of hydrogen-bond acceptors (Lipinski definition) is 7. The summed E-state index contributed by atoms with van der Waals surface area (Å²) >= 11 is 0. The summed E-state index contributed by atoms with van der Waals surface area (Å²) in [6.45, 7) is 7.83. The summed E-state index contributed by atoms with van der Waals surface area (Å²) < 4.78 is 0. The summed E-state index contributed by atoms with van der Waals surface area (Å²) in [6.07, 6.45) is 1.96. The number of nitrogens with one attached hydrogen (secondary N) is 2. The lowest BCUT2D eigenvalue weighted by atomic mass is 10.1. The maximum absolute atomic E-state index is 12.2. The number of anilines is 1. The zero-order valence-corrected chi connectivity index (χ0v) is 19.0. The standard InChI is InChI=1S/C24H30N6O3/c1-3-18-12-20-21(28-23(18)32)11-17(14-25-20)15-29-7-9-30(10-8-29)22-6-4-5-19(27-22)24(33)26-13-16(2)31/h4-6,11-12,14,16,31H,3,7-10,13,15H2,1-2H3,(H,26,33)(H,28,32). The average Bonchev–Trinajstić information content (AvgIpc) is 2.82. The van der Waals surface area contributed by atoms with Crippen LogP contribution >= 0.6 is 0 Å². The number of nitrogens with zero attached hydrogens (tertiary/aromatic N) is 4. The lowest BCUT2D eigenvalue weighted by Gasteiger charge is -2.35. The molecule has 174 valence electrons. The van der Waals surface area contributed by atoms with E-state index >= 15 is 0 Å². The van der Waals surface area contributed by atoms with Crippen LogP contribution in [0.3, 0.4) is 0 Å². The van der Waals surface area contributed by atoms with Crippen molar-refractivity contribution in [1.82, 2.24) is 25.2 Å². The highest BCUT2D eigenvalue weighted by Gasteiger charge is 2.19. The van der Waals surface area contributed by atoms with Gasteiger partial charge < -0.3 is 20.3 Å². The molecule has 3 aromatic rings. The van der Waals surface area contributed by atoms with Crippen LogP contribution in [0, 0.1) is 0 Å². The Morgan fingerprint density at radius 3 is 2.76 bits per heavy atom. The Morgan fingerprint density at radius 2 is 2.03 bits per heavy atom. The molecule has 1 fully saturated rings. The van der Waals surface area contributed by atoms with Gasteiger partial charge in [-0.1, -0.05) is 13.0 Å². The van der Waals surface area contributed by atoms with E-state index < -0.39 is 6.10 Å². The lowest BCUT2D eigenvalue weighted by molar-refractivity contribution is 0.0919. The highest BCUT2D eigenvalue weighted by molar-refractivity contribution is 5.92. The van der Waals surface area contributed by atoms with Gasteiger partial charge in [-0.25, -0.2) is 4.98 Å². The van der Waals surface area contributed by atoms with Gasteiger partial charge in [-0.05, 0) is 43.2 Å². The fourth-order valence-corrected chi connectivity index (χ4v) is 3.97. The second kappa shape index (κ2) is 10.1. The van der Waals surface area contributed by atoms with Crippen molar-refractivity contribution in [3.63, 3.8) is 0 Å². The SMILES string of the molecule is CCc1cc2ncc(CN3CCN(c4cccc(C(=O)NCC(C)O)n4)CC3)cc2[nH]c1=O. The quantitative estimate of drug-likeness (QED) is 0.497. The fourth-order valence-electron chi connectivity index (χ4n) is 3.97. The first kappa shape index (κ1) is 22.9. The summed E-state index contributed by atoms with van der Waals surface area (Å²) in [5, 5.41) is 12.0. The zero-order chi connectivity index (χ0) is 23.4. The largest absolute Gasteiger partial charge is 0.392 e. The summed E-state index contributed by atoms with van der Waals surface area (Å²) in [5.41, 5.74) is 3.68. The lowest BCUT2D eigenvalue weighted by Crippen LogP contribution is -2.46. The van der Waals surface area contributed by atoms with Crippen molar-refractivity contribution in [2.24, 2.45) is 0 Å². The van der Waals surface area contributed by atoms with Crippen LogP contribution in [0.25, 0.3) is 11.0 Å². The van der Waals surface area contributed by atoms with E-state index in [-0.39, 0.29) is 18.0 Å². The van der Waals surface area contributed by atoms with Gasteiger partial charge in [0.15, 0.2) is 0 Å². The van der Waals surface area contributed by atoms with Gasteiger partial charge in [0.2, 0.25) is 0 Å². The summed E-state index contributed by atoms with van der Waals surface area (Å²) in [4.78, 5) is 40.9. The number of piperazine rings is 1. The third-order valence-corrected chi connectivity index (χ3v) is 5.83. The molecule has 0 bridgehead atoms. The van der Waals surface area contributed by atoms with Crippen LogP contribution in [0.4, 0.5) is 5.82 Å². The minimum Gasteiger partial charge on any atom is -0.392 e. The summed E-state index contributed by atoms with van der Waals surface area (Å²) in [7, 11) is 0. The van der Waals surface area contributed by atoms with Crippen molar-refractivity contribution < 1.29 is 9.90 Å². The molecule has 0 aromatic carbocycles. The van der Waals surface area contributed by atoms with E-state index in [9.17, 15) is 14.7 Å². The number of aliphatic hydroxyl groups is 1. The van der Waals surface area contributed by atoms with E-state index in [0.717, 1.165) is 60.7 Å². The van der Waals surface area contributed by atoms with E-state index in [2.05, 4.69) is 30.1 Å². The molecule has 4 rings (SSSR count). The molecule has 1 saturated heterocycles. The Labute approximate surface area is 192 Å². The fraction of sp³-hybridized carbons (Fsp3) is 0.417. The third kappa shape index (κ3) is 5.55. The van der Waals surface area contributed by atoms with Crippen LogP contribution in [0.15, 0.2) is 41.3 Å². The zero-order valence-electron chi connectivity index (χ0n) is 19.0. The summed E-state index contributed by atoms with van der Waals surface area (Å²) in [6, 6.07) is 9.29. The number of carbonyl (C=O) groups excluding carboxylic acids is 1. The molecule has 1 aliphatic heterocycles. The third-order valence-electron chi connectivity index (χ3n) is 5.83. The molecule has 0 radical (unpaired) electrons. The van der Waals surface area contributed by atoms with Crippen LogP contribution in [0.5, 0.6) is 0 Å². The van der Waals surface area contributed by atoms with Gasteiger partial charge in [0.1, 0.15) is 11.5 Å². The molecule has 1 amide bonds. The van der Waals surface area contributed by atoms with Gasteiger partial charge in [-0.2, -0.15) is 0 Å². The van der Waals surface area contributed by atoms with Crippen molar-refractivity contribution in [3.05, 3.63) is 63.7 Å². The number of aromatic amines is 1. The van der Waals surface area contributed by atoms with Crippen LogP contribution < -0.4 is 15.8 Å². The number of aromatic nitrogens is 3. The summed E-state index contributed by atoms with van der Waals surface area (Å²) in [5.74, 6) is 0.486. The molecule has 3 N–H and O–H groups in total. The Morgan fingerprint density at radius 1 is 1.24 bits per heavy atom. The van der Waals surface area contributed by atoms with E-state index in [1.54, 1.807) is 13.0 Å². The van der Waals surface area contributed by atoms with E-state index in [1.807, 2.05) is 37.4 Å². The van der Waals surface area contributed by atoms with Crippen LogP contribution in [0.1, 0.15) is 35.5 Å². The van der Waals surface area contributed by atoms with Gasteiger partial charge in [0.25, 0.3) is 11.5 Å². The smallest absolute Gasteiger partial charge is 0.270 e. The number of aryl methyl sites for hydroxylation is 1. The van der Waals surface area contributed by atoms with Crippen molar-refractivity contribution in [3.8, 4) is 0 Å². The topological polar surface area (TPSA) is 114 Å². The normalized spacial score (nSPS) is 15.5. The highest BCUT2D eigenvalue weighted by atomic mass is 16.3. The first-order valence-corrected chi connectivity index (χ1v) is 11.3. The molecule has 0 spiro atoms. The first-order valence-electron chi connectivity index (χ1n) is 11.3. The number of rotatable bonds is 7. The van der Waals surface area contributed by atoms with Crippen molar-refractivity contribution >= 4 is 22.8 Å². The Hall–Kier alpha value is -3.30. The first-order chi connectivity index (χ1) is 15.9. The Bertz CT molecular complexity index is 1180. The number of carbonyl (C=O) groups is 1. The minimum absolute atomic E-state index is 0.0492. The predicted molar refractivity (Wildman–Crippen MR) is 127 cm³/mol. The van der Waals surface area contributed by atoms with Gasteiger partial charge >= 0.3 is 0 Å². The van der Waals surface area contributed by atoms with Crippen LogP contribution in [-0.4, -0.2) is 69.7 Å². The number of aliphatic hydroxyl groups excluding tert-OH is 1. The predicted octanol–water partition coefficient (Wildman–Crippen LogP) is 1.31. The maximum Gasteiger partial charge on any atom is 0.270 e. The van der Waals surface area contributed by atoms with Crippen LogP contribution in [-0.2, 0) is 13.0 Å². The molecule has 0 aliphatic carbocycles. The van der Waals surface area contributed by atoms with Gasteiger partial charge in [-0.3, -0.25) is 19.5 Å². The molecular weight excluding hydrogens is 420 g/mol. The van der Waals surface area contributed by atoms with E-state index in [0.29, 0.717) is 12.1 Å². The average molecular weight is 451 g/mol. The Balaban J connectivity index is 1.37. The molecule has 3 aromatic heterocycles. The molecule has 9 nitrogen and oxygen atoms in total. The molecule has 1 atom stereocenters. The molecule has 33 heavy (non-hydrogen) atoms. The number of amides is 1. The minimum atomic E-state index is -0.600. The molecule has 9 heteroatoms. The van der Waals surface area contributed by atoms with Crippen molar-refractivity contribution in [1.29, 1.82) is 0 Å². The molecule has 1 aliphatic rings. The molecular formula is C24H30N6O3. The van der Waals surface area contributed by atoms with Crippen molar-refractivity contribution in [2.45, 2.75) is 32.9 Å². The molecule has 4 heterocycles. The van der Waals surface area contributed by atoms with E-state index in [4.69, 9.17) is 0 Å². The second-order valence-electron chi connectivity index (χ2n) is 8.46. The van der Waals surface area contributed by atoms with Gasteiger partial charge in [0, 0.05) is 51.0 Å². The number of pyridine rings is 3.